The second-order valence-electron chi connectivity index (χ2n) is 5.19. The lowest BCUT2D eigenvalue weighted by atomic mass is 10.1. The Hall–Kier alpha value is -2.44. The normalized spacial score (nSPS) is 14.4. The number of guanidine groups is 1. The highest BCUT2D eigenvalue weighted by Gasteiger charge is 2.12. The first-order valence-electron chi connectivity index (χ1n) is 7.12. The van der Waals surface area contributed by atoms with Crippen molar-refractivity contribution in [3.8, 4) is 0 Å². The summed E-state index contributed by atoms with van der Waals surface area (Å²) in [5.74, 6) is 0.357. The highest BCUT2D eigenvalue weighted by molar-refractivity contribution is 5.92. The molecule has 1 heterocycles. The van der Waals surface area contributed by atoms with E-state index in [9.17, 15) is 8.78 Å². The second-order valence-corrected chi connectivity index (χ2v) is 5.19. The molecule has 0 bridgehead atoms. The van der Waals surface area contributed by atoms with Gasteiger partial charge in [-0.05, 0) is 42.5 Å². The number of nitrogens with two attached hydrogens (primary N) is 1. The summed E-state index contributed by atoms with van der Waals surface area (Å²) in [6, 6.07) is 6.10. The number of imidazole rings is 1. The molecule has 5 nitrogen and oxygen atoms in total. The first kappa shape index (κ1) is 14.5. The van der Waals surface area contributed by atoms with Gasteiger partial charge in [0.05, 0.1) is 0 Å². The van der Waals surface area contributed by atoms with Crippen molar-refractivity contribution >= 4 is 11.6 Å². The van der Waals surface area contributed by atoms with Gasteiger partial charge < -0.3 is 11.1 Å². The van der Waals surface area contributed by atoms with E-state index >= 15 is 0 Å². The summed E-state index contributed by atoms with van der Waals surface area (Å²) in [7, 11) is 0. The minimum Gasteiger partial charge on any atom is -0.370 e. The quantitative estimate of drug-likeness (QED) is 0.674. The van der Waals surface area contributed by atoms with Crippen LogP contribution >= 0.6 is 0 Å². The predicted molar refractivity (Wildman–Crippen MR) is 80.9 cm³/mol. The van der Waals surface area contributed by atoms with Crippen LogP contribution in [-0.2, 0) is 19.4 Å². The standard InChI is InChI=1S/C15H17F2N5/c16-14(17)22-7-6-19-13(22)9-20-15(18)21-12-5-4-10-2-1-3-11(10)8-12/h4-8,14H,1-3,9H2,(H3,18,20,21). The highest BCUT2D eigenvalue weighted by atomic mass is 19.3. The number of aryl methyl sites for hydroxylation is 2. The Morgan fingerprint density at radius 3 is 3.00 bits per heavy atom. The van der Waals surface area contributed by atoms with Gasteiger partial charge in [-0.25, -0.2) is 9.98 Å². The number of halogens is 2. The zero-order chi connectivity index (χ0) is 15.5. The number of hydrogen-bond acceptors (Lipinski definition) is 2. The SMILES string of the molecule is NC(=NCc1nccn1C(F)F)Nc1ccc2c(c1)CCC2. The lowest BCUT2D eigenvalue weighted by molar-refractivity contribution is 0.0671. The summed E-state index contributed by atoms with van der Waals surface area (Å²) < 4.78 is 26.1. The molecular formula is C15H17F2N5. The number of alkyl halides is 2. The number of nitrogens with zero attached hydrogens (tertiary/aromatic N) is 3. The number of nitrogens with one attached hydrogen (secondary N) is 1. The largest absolute Gasteiger partial charge is 0.370 e. The van der Waals surface area contributed by atoms with Crippen LogP contribution in [0.25, 0.3) is 0 Å². The van der Waals surface area contributed by atoms with E-state index in [1.807, 2.05) is 6.07 Å². The number of anilines is 1. The van der Waals surface area contributed by atoms with Crippen molar-refractivity contribution < 1.29 is 8.78 Å². The molecule has 0 radical (unpaired) electrons. The van der Waals surface area contributed by atoms with Gasteiger partial charge in [-0.3, -0.25) is 4.57 Å². The highest BCUT2D eigenvalue weighted by Crippen LogP contribution is 2.24. The molecule has 0 spiro atoms. The molecule has 0 amide bonds. The topological polar surface area (TPSA) is 68.2 Å². The van der Waals surface area contributed by atoms with Crippen LogP contribution in [0.3, 0.4) is 0 Å². The Morgan fingerprint density at radius 2 is 2.18 bits per heavy atom. The molecule has 0 atom stereocenters. The fourth-order valence-electron chi connectivity index (χ4n) is 2.64. The van der Waals surface area contributed by atoms with Crippen LogP contribution in [0.15, 0.2) is 35.6 Å². The van der Waals surface area contributed by atoms with Gasteiger partial charge in [0.1, 0.15) is 12.4 Å². The van der Waals surface area contributed by atoms with Crippen LogP contribution in [0.1, 0.15) is 29.9 Å². The predicted octanol–water partition coefficient (Wildman–Crippen LogP) is 2.69. The number of fused-ring (bicyclic) bond motifs is 1. The summed E-state index contributed by atoms with van der Waals surface area (Å²) >= 11 is 0. The molecular weight excluding hydrogens is 288 g/mol. The lowest BCUT2D eigenvalue weighted by Gasteiger charge is -2.08. The molecule has 0 saturated carbocycles. The van der Waals surface area contributed by atoms with Crippen molar-refractivity contribution in [3.63, 3.8) is 0 Å². The first-order chi connectivity index (χ1) is 10.6. The van der Waals surface area contributed by atoms with Crippen molar-refractivity contribution in [1.29, 1.82) is 0 Å². The van der Waals surface area contributed by atoms with Crippen molar-refractivity contribution in [3.05, 3.63) is 47.5 Å². The van der Waals surface area contributed by atoms with Gasteiger partial charge in [0, 0.05) is 18.1 Å². The molecule has 0 aliphatic heterocycles. The zero-order valence-electron chi connectivity index (χ0n) is 12.0. The maximum atomic E-state index is 12.7. The van der Waals surface area contributed by atoms with E-state index in [-0.39, 0.29) is 18.3 Å². The monoisotopic (exact) mass is 305 g/mol. The van der Waals surface area contributed by atoms with Gasteiger partial charge in [0.15, 0.2) is 5.96 Å². The van der Waals surface area contributed by atoms with Crippen LogP contribution in [0.5, 0.6) is 0 Å². The fourth-order valence-corrected chi connectivity index (χ4v) is 2.64. The minimum atomic E-state index is -2.63. The third-order valence-corrected chi connectivity index (χ3v) is 3.72. The molecule has 3 rings (SSSR count). The molecule has 3 N–H and O–H groups in total. The van der Waals surface area contributed by atoms with Gasteiger partial charge >= 0.3 is 6.55 Å². The summed E-state index contributed by atoms with van der Waals surface area (Å²) in [6.45, 7) is -2.63. The third kappa shape index (κ3) is 3.08. The molecule has 1 aliphatic rings. The molecule has 7 heteroatoms. The van der Waals surface area contributed by atoms with E-state index in [0.717, 1.165) is 23.1 Å². The van der Waals surface area contributed by atoms with Crippen LogP contribution < -0.4 is 11.1 Å². The Morgan fingerprint density at radius 1 is 1.36 bits per heavy atom. The van der Waals surface area contributed by atoms with Crippen molar-refractivity contribution in [2.24, 2.45) is 10.7 Å². The lowest BCUT2D eigenvalue weighted by Crippen LogP contribution is -2.23. The van der Waals surface area contributed by atoms with E-state index < -0.39 is 6.55 Å². The van der Waals surface area contributed by atoms with Crippen LogP contribution in [-0.4, -0.2) is 15.5 Å². The number of rotatable bonds is 4. The molecule has 1 aromatic heterocycles. The molecule has 0 unspecified atom stereocenters. The summed E-state index contributed by atoms with van der Waals surface area (Å²) in [5.41, 5.74) is 9.37. The van der Waals surface area contributed by atoms with Crippen molar-refractivity contribution in [2.75, 3.05) is 5.32 Å². The Kier molecular flexibility index (Phi) is 4.04. The molecule has 22 heavy (non-hydrogen) atoms. The molecule has 116 valence electrons. The van der Waals surface area contributed by atoms with Gasteiger partial charge in [0.25, 0.3) is 0 Å². The van der Waals surface area contributed by atoms with E-state index in [0.29, 0.717) is 0 Å². The van der Waals surface area contributed by atoms with Crippen molar-refractivity contribution in [2.45, 2.75) is 32.4 Å². The number of hydrogen-bond donors (Lipinski definition) is 2. The number of benzene rings is 1. The average Bonchev–Trinajstić information content (AvgIpc) is 3.13. The Balaban J connectivity index is 1.66. The van der Waals surface area contributed by atoms with Crippen LogP contribution in [0.4, 0.5) is 14.5 Å². The van der Waals surface area contributed by atoms with Gasteiger partial charge in [-0.15, -0.1) is 0 Å². The average molecular weight is 305 g/mol. The van der Waals surface area contributed by atoms with Gasteiger partial charge in [-0.2, -0.15) is 8.78 Å². The second kappa shape index (κ2) is 6.13. The molecule has 0 fully saturated rings. The Bertz CT molecular complexity index is 693. The maximum Gasteiger partial charge on any atom is 0.319 e. The number of aromatic nitrogens is 2. The van der Waals surface area contributed by atoms with E-state index in [4.69, 9.17) is 5.73 Å². The van der Waals surface area contributed by atoms with E-state index in [1.54, 1.807) is 0 Å². The van der Waals surface area contributed by atoms with Crippen LogP contribution in [0.2, 0.25) is 0 Å². The first-order valence-corrected chi connectivity index (χ1v) is 7.12. The fraction of sp³-hybridized carbons (Fsp3) is 0.333. The van der Waals surface area contributed by atoms with Crippen molar-refractivity contribution in [1.82, 2.24) is 9.55 Å². The smallest absolute Gasteiger partial charge is 0.319 e. The summed E-state index contributed by atoms with van der Waals surface area (Å²) in [4.78, 5) is 7.92. The van der Waals surface area contributed by atoms with Gasteiger partial charge in [0.2, 0.25) is 0 Å². The van der Waals surface area contributed by atoms with Gasteiger partial charge in [-0.1, -0.05) is 6.07 Å². The maximum absolute atomic E-state index is 12.7. The van der Waals surface area contributed by atoms with Crippen LogP contribution in [0, 0.1) is 0 Å². The van der Waals surface area contributed by atoms with E-state index in [1.165, 1.54) is 29.9 Å². The molecule has 1 aliphatic carbocycles. The van der Waals surface area contributed by atoms with E-state index in [2.05, 4.69) is 27.4 Å². The number of aliphatic imine (C=N–C) groups is 1. The molecule has 0 saturated heterocycles. The Labute approximate surface area is 126 Å². The summed E-state index contributed by atoms with van der Waals surface area (Å²) in [5, 5.41) is 2.99. The summed E-state index contributed by atoms with van der Waals surface area (Å²) in [6.07, 6.45) is 5.92. The zero-order valence-corrected chi connectivity index (χ0v) is 12.0. The minimum absolute atomic E-state index is 0.00111. The third-order valence-electron chi connectivity index (χ3n) is 3.72. The molecule has 1 aromatic carbocycles. The molecule has 2 aromatic rings.